The van der Waals surface area contributed by atoms with Crippen molar-refractivity contribution < 1.29 is 4.79 Å². The lowest BCUT2D eigenvalue weighted by molar-refractivity contribution is 0.0735. The molecule has 0 atom stereocenters. The van der Waals surface area contributed by atoms with Crippen molar-refractivity contribution in [3.63, 3.8) is 0 Å². The number of thiazole rings is 1. The average Bonchev–Trinajstić information content (AvgIpc) is 3.23. The van der Waals surface area contributed by atoms with Gasteiger partial charge in [-0.3, -0.25) is 9.48 Å². The molecule has 0 spiro atoms. The van der Waals surface area contributed by atoms with Crippen molar-refractivity contribution in [2.75, 3.05) is 31.1 Å². The highest BCUT2D eigenvalue weighted by Crippen LogP contribution is 2.33. The molecule has 6 nitrogen and oxygen atoms in total. The maximum atomic E-state index is 12.8. The van der Waals surface area contributed by atoms with Crippen molar-refractivity contribution in [3.8, 4) is 0 Å². The van der Waals surface area contributed by atoms with E-state index in [1.165, 1.54) is 15.8 Å². The molecule has 1 saturated heterocycles. The minimum absolute atomic E-state index is 0.0677. The Balaban J connectivity index is 1.51. The van der Waals surface area contributed by atoms with E-state index in [-0.39, 0.29) is 5.91 Å². The predicted molar refractivity (Wildman–Crippen MR) is 105 cm³/mol. The Morgan fingerprint density at radius 3 is 2.35 bits per heavy atom. The Labute approximate surface area is 157 Å². The van der Waals surface area contributed by atoms with Gasteiger partial charge in [-0.25, -0.2) is 4.98 Å². The molecule has 1 aromatic carbocycles. The second-order valence-corrected chi connectivity index (χ2v) is 7.93. The summed E-state index contributed by atoms with van der Waals surface area (Å²) in [5.74, 6) is 0.0677. The normalized spacial score (nSPS) is 15.1. The second kappa shape index (κ2) is 6.39. The van der Waals surface area contributed by atoms with E-state index in [2.05, 4.69) is 36.0 Å². The van der Waals surface area contributed by atoms with E-state index < -0.39 is 0 Å². The van der Waals surface area contributed by atoms with Crippen LogP contribution in [0.15, 0.2) is 18.3 Å². The first-order valence-electron chi connectivity index (χ1n) is 8.85. The monoisotopic (exact) mass is 369 g/mol. The summed E-state index contributed by atoms with van der Waals surface area (Å²) >= 11 is 1.75. The Kier molecular flexibility index (Phi) is 4.19. The lowest BCUT2D eigenvalue weighted by atomic mass is 10.1. The number of carbonyl (C=O) groups is 1. The van der Waals surface area contributed by atoms with Gasteiger partial charge in [0, 0.05) is 33.2 Å². The number of hydrogen-bond donors (Lipinski definition) is 0. The zero-order valence-corrected chi connectivity index (χ0v) is 16.4. The summed E-state index contributed by atoms with van der Waals surface area (Å²) in [4.78, 5) is 21.9. The van der Waals surface area contributed by atoms with Crippen LogP contribution in [0.2, 0.25) is 0 Å². The molecule has 3 aromatic rings. The molecule has 3 heterocycles. The van der Waals surface area contributed by atoms with Crippen LogP contribution in [0.3, 0.4) is 0 Å². The molecule has 1 aliphatic rings. The summed E-state index contributed by atoms with van der Waals surface area (Å²) in [6.45, 7) is 9.20. The molecule has 136 valence electrons. The third kappa shape index (κ3) is 2.76. The molecule has 0 unspecified atom stereocenters. The van der Waals surface area contributed by atoms with Gasteiger partial charge in [-0.2, -0.15) is 5.10 Å². The number of piperazine rings is 1. The number of anilines is 1. The van der Waals surface area contributed by atoms with Crippen LogP contribution in [0.1, 0.15) is 27.2 Å². The molecule has 7 heteroatoms. The van der Waals surface area contributed by atoms with Crippen molar-refractivity contribution in [3.05, 3.63) is 40.7 Å². The fourth-order valence-corrected chi connectivity index (χ4v) is 4.65. The fraction of sp³-hybridized carbons (Fsp3) is 0.421. The van der Waals surface area contributed by atoms with Gasteiger partial charge >= 0.3 is 0 Å². The summed E-state index contributed by atoms with van der Waals surface area (Å²) < 4.78 is 2.94. The van der Waals surface area contributed by atoms with Crippen LogP contribution in [0, 0.1) is 20.8 Å². The molecule has 0 radical (unpaired) electrons. The van der Waals surface area contributed by atoms with Gasteiger partial charge in [0.15, 0.2) is 5.13 Å². The SMILES string of the molecule is Cc1cnn(C)c1C(=O)N1CCN(c2nc3c(C)ccc(C)c3s2)CC1. The molecule has 26 heavy (non-hydrogen) atoms. The van der Waals surface area contributed by atoms with Crippen molar-refractivity contribution in [2.24, 2.45) is 7.05 Å². The highest BCUT2D eigenvalue weighted by molar-refractivity contribution is 7.22. The molecule has 1 fully saturated rings. The number of carbonyl (C=O) groups excluding carboxylic acids is 1. The predicted octanol–water partition coefficient (Wildman–Crippen LogP) is 2.92. The van der Waals surface area contributed by atoms with E-state index in [0.29, 0.717) is 18.8 Å². The topological polar surface area (TPSA) is 54.3 Å². The maximum Gasteiger partial charge on any atom is 0.272 e. The minimum Gasteiger partial charge on any atom is -0.345 e. The molecule has 1 amide bonds. The number of amides is 1. The van der Waals surface area contributed by atoms with Gasteiger partial charge in [-0.15, -0.1) is 0 Å². The molecular weight excluding hydrogens is 346 g/mol. The lowest BCUT2D eigenvalue weighted by Gasteiger charge is -2.34. The highest BCUT2D eigenvalue weighted by Gasteiger charge is 2.26. The molecule has 2 aromatic heterocycles. The summed E-state index contributed by atoms with van der Waals surface area (Å²) in [6.07, 6.45) is 1.75. The van der Waals surface area contributed by atoms with Crippen molar-refractivity contribution >= 4 is 32.6 Å². The molecule has 0 saturated carbocycles. The van der Waals surface area contributed by atoms with Crippen LogP contribution in [0.5, 0.6) is 0 Å². The van der Waals surface area contributed by atoms with Crippen molar-refractivity contribution in [1.29, 1.82) is 0 Å². The highest BCUT2D eigenvalue weighted by atomic mass is 32.1. The largest absolute Gasteiger partial charge is 0.345 e. The summed E-state index contributed by atoms with van der Waals surface area (Å²) in [5.41, 5.74) is 5.21. The second-order valence-electron chi connectivity index (χ2n) is 6.95. The zero-order chi connectivity index (χ0) is 18.4. The molecule has 0 aliphatic carbocycles. The van der Waals surface area contributed by atoms with Crippen LogP contribution in [-0.4, -0.2) is 51.8 Å². The van der Waals surface area contributed by atoms with Gasteiger partial charge in [-0.05, 0) is 37.5 Å². The van der Waals surface area contributed by atoms with Crippen LogP contribution in [0.25, 0.3) is 10.2 Å². The zero-order valence-electron chi connectivity index (χ0n) is 15.6. The third-order valence-corrected chi connectivity index (χ3v) is 6.34. The minimum atomic E-state index is 0.0677. The maximum absolute atomic E-state index is 12.8. The third-order valence-electron chi connectivity index (χ3n) is 5.09. The van der Waals surface area contributed by atoms with E-state index in [0.717, 1.165) is 29.3 Å². The smallest absolute Gasteiger partial charge is 0.272 e. The van der Waals surface area contributed by atoms with E-state index in [1.54, 1.807) is 22.2 Å². The number of nitrogens with zero attached hydrogens (tertiary/aromatic N) is 5. The van der Waals surface area contributed by atoms with Gasteiger partial charge in [0.2, 0.25) is 0 Å². The van der Waals surface area contributed by atoms with Crippen molar-refractivity contribution in [1.82, 2.24) is 19.7 Å². The van der Waals surface area contributed by atoms with E-state index >= 15 is 0 Å². The van der Waals surface area contributed by atoms with E-state index in [1.807, 2.05) is 18.9 Å². The number of fused-ring (bicyclic) bond motifs is 1. The first kappa shape index (κ1) is 17.0. The van der Waals surface area contributed by atoms with Crippen LogP contribution in [0.4, 0.5) is 5.13 Å². The number of aromatic nitrogens is 3. The molecule has 1 aliphatic heterocycles. The van der Waals surface area contributed by atoms with Gasteiger partial charge < -0.3 is 9.80 Å². The fourth-order valence-electron chi connectivity index (χ4n) is 3.49. The Morgan fingerprint density at radius 1 is 1.04 bits per heavy atom. The van der Waals surface area contributed by atoms with Crippen molar-refractivity contribution in [2.45, 2.75) is 20.8 Å². The van der Waals surface area contributed by atoms with Gasteiger partial charge in [0.05, 0.1) is 16.4 Å². The molecule has 4 rings (SSSR count). The van der Waals surface area contributed by atoms with Gasteiger partial charge in [0.1, 0.15) is 5.69 Å². The van der Waals surface area contributed by atoms with Crippen LogP contribution in [-0.2, 0) is 7.05 Å². The van der Waals surface area contributed by atoms with Crippen LogP contribution < -0.4 is 4.90 Å². The number of rotatable bonds is 2. The van der Waals surface area contributed by atoms with Gasteiger partial charge in [-0.1, -0.05) is 23.5 Å². The van der Waals surface area contributed by atoms with Crippen LogP contribution >= 0.6 is 11.3 Å². The molecular formula is C19H23N5OS. The summed E-state index contributed by atoms with van der Waals surface area (Å²) in [6, 6.07) is 4.29. The Bertz CT molecular complexity index is 923. The van der Waals surface area contributed by atoms with E-state index in [4.69, 9.17) is 4.98 Å². The first-order chi connectivity index (χ1) is 12.5. The van der Waals surface area contributed by atoms with Gasteiger partial charge in [0.25, 0.3) is 5.91 Å². The molecule has 0 bridgehead atoms. The number of benzene rings is 1. The average molecular weight is 369 g/mol. The van der Waals surface area contributed by atoms with E-state index in [9.17, 15) is 4.79 Å². The Hall–Kier alpha value is -2.41. The number of hydrogen-bond acceptors (Lipinski definition) is 5. The first-order valence-corrected chi connectivity index (χ1v) is 9.67. The standard InChI is InChI=1S/C19H23N5OS/c1-12-5-6-13(2)17-15(12)21-19(26-17)24-9-7-23(8-10-24)18(25)16-14(3)11-20-22(16)4/h5-6,11H,7-10H2,1-4H3. The summed E-state index contributed by atoms with van der Waals surface area (Å²) in [5, 5.41) is 5.24. The number of aryl methyl sites for hydroxylation is 4. The lowest BCUT2D eigenvalue weighted by Crippen LogP contribution is -2.49. The molecule has 0 N–H and O–H groups in total. The quantitative estimate of drug-likeness (QED) is 0.697. The summed E-state index contributed by atoms with van der Waals surface area (Å²) in [7, 11) is 1.82. The Morgan fingerprint density at radius 2 is 1.73 bits per heavy atom.